The minimum atomic E-state index is 0.138. The minimum Gasteiger partial charge on any atom is -0.454 e. The fourth-order valence-corrected chi connectivity index (χ4v) is 4.22. The Kier molecular flexibility index (Phi) is 4.20. The number of carbonyl (C=O) groups is 1. The molecule has 1 saturated heterocycles. The highest BCUT2D eigenvalue weighted by Crippen LogP contribution is 2.32. The van der Waals surface area contributed by atoms with E-state index < -0.39 is 0 Å². The average Bonchev–Trinajstić information content (AvgIpc) is 3.32. The molecule has 0 atom stereocenters. The number of carbonyl (C=O) groups excluding carboxylic acids is 1. The van der Waals surface area contributed by atoms with E-state index in [1.807, 2.05) is 47.0 Å². The third kappa shape index (κ3) is 2.99. The first kappa shape index (κ1) is 17.1. The maximum absolute atomic E-state index is 13.1. The number of ether oxygens (including phenoxy) is 2. The van der Waals surface area contributed by atoms with Gasteiger partial charge in [-0.1, -0.05) is 18.2 Å². The summed E-state index contributed by atoms with van der Waals surface area (Å²) in [6.07, 6.45) is 1.96. The van der Waals surface area contributed by atoms with Crippen molar-refractivity contribution in [2.75, 3.05) is 33.0 Å². The van der Waals surface area contributed by atoms with Crippen molar-refractivity contribution in [2.45, 2.75) is 6.54 Å². The number of benzene rings is 2. The second-order valence-electron chi connectivity index (χ2n) is 7.58. The Morgan fingerprint density at radius 2 is 1.86 bits per heavy atom. The molecular formula is C22H24N3O3+. The van der Waals surface area contributed by atoms with E-state index in [0.717, 1.165) is 60.7 Å². The summed E-state index contributed by atoms with van der Waals surface area (Å²) in [5.41, 5.74) is 3.14. The summed E-state index contributed by atoms with van der Waals surface area (Å²) in [7, 11) is 1.99. The molecule has 1 N–H and O–H groups in total. The average molecular weight is 378 g/mol. The summed E-state index contributed by atoms with van der Waals surface area (Å²) < 4.78 is 12.9. The first-order valence-corrected chi connectivity index (χ1v) is 9.74. The van der Waals surface area contributed by atoms with E-state index in [1.165, 1.54) is 10.5 Å². The zero-order valence-electron chi connectivity index (χ0n) is 16.0. The maximum Gasteiger partial charge on any atom is 0.256 e. The molecule has 28 heavy (non-hydrogen) atoms. The molecule has 2 aliphatic rings. The van der Waals surface area contributed by atoms with Gasteiger partial charge in [-0.3, -0.25) is 4.79 Å². The Morgan fingerprint density at radius 1 is 1.07 bits per heavy atom. The Balaban J connectivity index is 1.25. The molecule has 1 fully saturated rings. The molecule has 2 aromatic carbocycles. The van der Waals surface area contributed by atoms with E-state index in [9.17, 15) is 4.79 Å². The van der Waals surface area contributed by atoms with Crippen molar-refractivity contribution in [3.8, 4) is 11.5 Å². The van der Waals surface area contributed by atoms with E-state index in [2.05, 4.69) is 18.2 Å². The van der Waals surface area contributed by atoms with Crippen LogP contribution < -0.4 is 14.4 Å². The van der Waals surface area contributed by atoms with Gasteiger partial charge in [-0.05, 0) is 24.3 Å². The molecule has 144 valence electrons. The summed E-state index contributed by atoms with van der Waals surface area (Å²) in [6.45, 7) is 4.70. The fraction of sp³-hybridized carbons (Fsp3) is 0.318. The fourth-order valence-electron chi connectivity index (χ4n) is 4.22. The van der Waals surface area contributed by atoms with Gasteiger partial charge in [0.25, 0.3) is 5.91 Å². The third-order valence-electron chi connectivity index (χ3n) is 5.78. The molecule has 6 heteroatoms. The Hall–Kier alpha value is -2.99. The van der Waals surface area contributed by atoms with Crippen molar-refractivity contribution in [1.82, 2.24) is 9.47 Å². The number of fused-ring (bicyclic) bond motifs is 2. The number of rotatable bonds is 3. The van der Waals surface area contributed by atoms with Crippen LogP contribution in [0.25, 0.3) is 10.9 Å². The molecule has 0 saturated carbocycles. The highest BCUT2D eigenvalue weighted by Gasteiger charge is 2.27. The molecule has 1 aromatic heterocycles. The standard InChI is InChI=1S/C22H23N3O3/c1-23-14-18(17-4-2-3-5-19(17)23)22(26)25-10-8-24(9-11-25)13-16-6-7-20-21(12-16)28-15-27-20/h2-7,12,14H,8-11,13,15H2,1H3/p+1. The van der Waals surface area contributed by atoms with Gasteiger partial charge in [-0.2, -0.15) is 0 Å². The third-order valence-corrected chi connectivity index (χ3v) is 5.78. The van der Waals surface area contributed by atoms with Crippen LogP contribution in [-0.4, -0.2) is 48.3 Å². The van der Waals surface area contributed by atoms with E-state index in [0.29, 0.717) is 6.79 Å². The highest BCUT2D eigenvalue weighted by molar-refractivity contribution is 6.07. The number of nitrogens with one attached hydrogen (secondary N) is 1. The van der Waals surface area contributed by atoms with Gasteiger partial charge in [0, 0.05) is 29.7 Å². The lowest BCUT2D eigenvalue weighted by atomic mass is 10.1. The summed E-state index contributed by atoms with van der Waals surface area (Å²) in [5.74, 6) is 1.80. The molecule has 0 aliphatic carbocycles. The van der Waals surface area contributed by atoms with Gasteiger partial charge in [0.2, 0.25) is 6.79 Å². The number of para-hydroxylation sites is 1. The zero-order valence-corrected chi connectivity index (χ0v) is 16.0. The molecule has 0 bridgehead atoms. The van der Waals surface area contributed by atoms with E-state index in [-0.39, 0.29) is 5.91 Å². The Morgan fingerprint density at radius 3 is 2.71 bits per heavy atom. The molecule has 0 radical (unpaired) electrons. The first-order chi connectivity index (χ1) is 13.7. The lowest BCUT2D eigenvalue weighted by Gasteiger charge is -2.32. The number of aryl methyl sites for hydroxylation is 1. The molecule has 3 heterocycles. The monoisotopic (exact) mass is 378 g/mol. The summed E-state index contributed by atoms with van der Waals surface area (Å²) in [4.78, 5) is 16.6. The van der Waals surface area contributed by atoms with Crippen LogP contribution in [0.1, 0.15) is 15.9 Å². The van der Waals surface area contributed by atoms with Gasteiger partial charge in [-0.15, -0.1) is 0 Å². The van der Waals surface area contributed by atoms with E-state index >= 15 is 0 Å². The van der Waals surface area contributed by atoms with Gasteiger partial charge in [0.1, 0.15) is 6.54 Å². The second kappa shape index (κ2) is 6.87. The topological polar surface area (TPSA) is 48.1 Å². The molecule has 1 amide bonds. The van der Waals surface area contributed by atoms with Crippen molar-refractivity contribution in [3.63, 3.8) is 0 Å². The molecule has 5 rings (SSSR count). The van der Waals surface area contributed by atoms with Gasteiger partial charge in [0.15, 0.2) is 11.5 Å². The number of piperazine rings is 1. The number of amides is 1. The molecular weight excluding hydrogens is 354 g/mol. The van der Waals surface area contributed by atoms with Crippen LogP contribution in [0.4, 0.5) is 0 Å². The molecule has 0 spiro atoms. The number of quaternary nitrogens is 1. The quantitative estimate of drug-likeness (QED) is 0.751. The normalized spacial score (nSPS) is 16.7. The van der Waals surface area contributed by atoms with Crippen LogP contribution in [0.15, 0.2) is 48.7 Å². The van der Waals surface area contributed by atoms with E-state index in [1.54, 1.807) is 0 Å². The van der Waals surface area contributed by atoms with Crippen LogP contribution in [-0.2, 0) is 13.6 Å². The highest BCUT2D eigenvalue weighted by atomic mass is 16.7. The molecule has 0 unspecified atom stereocenters. The predicted molar refractivity (Wildman–Crippen MR) is 106 cm³/mol. The second-order valence-corrected chi connectivity index (χ2v) is 7.58. The van der Waals surface area contributed by atoms with Crippen molar-refractivity contribution in [2.24, 2.45) is 7.05 Å². The van der Waals surface area contributed by atoms with Crippen molar-refractivity contribution in [1.29, 1.82) is 0 Å². The van der Waals surface area contributed by atoms with Crippen LogP contribution in [0.3, 0.4) is 0 Å². The largest absolute Gasteiger partial charge is 0.454 e. The zero-order chi connectivity index (χ0) is 19.1. The predicted octanol–water partition coefficient (Wildman–Crippen LogP) is 1.45. The van der Waals surface area contributed by atoms with Gasteiger partial charge >= 0.3 is 0 Å². The van der Waals surface area contributed by atoms with Gasteiger partial charge in [-0.25, -0.2) is 0 Å². The van der Waals surface area contributed by atoms with Gasteiger partial charge < -0.3 is 23.8 Å². The van der Waals surface area contributed by atoms with Crippen LogP contribution in [0.2, 0.25) is 0 Å². The molecule has 3 aromatic rings. The molecule has 2 aliphatic heterocycles. The van der Waals surface area contributed by atoms with Crippen LogP contribution in [0, 0.1) is 0 Å². The van der Waals surface area contributed by atoms with Crippen LogP contribution in [0.5, 0.6) is 11.5 Å². The summed E-state index contributed by atoms with van der Waals surface area (Å²) >= 11 is 0. The van der Waals surface area contributed by atoms with Crippen LogP contribution >= 0.6 is 0 Å². The molecule has 6 nitrogen and oxygen atoms in total. The maximum atomic E-state index is 13.1. The minimum absolute atomic E-state index is 0.138. The SMILES string of the molecule is Cn1cc(C(=O)N2CC[NH+](Cc3ccc4c(c3)OCO4)CC2)c2ccccc21. The summed E-state index contributed by atoms with van der Waals surface area (Å²) in [5, 5.41) is 1.03. The van der Waals surface area contributed by atoms with Crippen molar-refractivity contribution in [3.05, 3.63) is 59.8 Å². The lowest BCUT2D eigenvalue weighted by Crippen LogP contribution is -3.13. The number of hydrogen-bond donors (Lipinski definition) is 1. The van der Waals surface area contributed by atoms with Gasteiger partial charge in [0.05, 0.1) is 31.7 Å². The lowest BCUT2D eigenvalue weighted by molar-refractivity contribution is -0.917. The number of nitrogens with zero attached hydrogens (tertiary/aromatic N) is 2. The van der Waals surface area contributed by atoms with E-state index in [4.69, 9.17) is 9.47 Å². The van der Waals surface area contributed by atoms with Crippen molar-refractivity contribution < 1.29 is 19.2 Å². The first-order valence-electron chi connectivity index (χ1n) is 9.74. The smallest absolute Gasteiger partial charge is 0.256 e. The Labute approximate surface area is 163 Å². The number of hydrogen-bond acceptors (Lipinski definition) is 3. The summed E-state index contributed by atoms with van der Waals surface area (Å²) in [6, 6.07) is 14.2. The van der Waals surface area contributed by atoms with Crippen molar-refractivity contribution >= 4 is 16.8 Å². The Bertz CT molecular complexity index is 1030. The number of aromatic nitrogens is 1.